The zero-order valence-electron chi connectivity index (χ0n) is 63.6. The summed E-state index contributed by atoms with van der Waals surface area (Å²) in [6, 6.07) is 0. The van der Waals surface area contributed by atoms with Crippen molar-refractivity contribution in [3.8, 4) is 0 Å². The molecule has 2 atom stereocenters. The summed E-state index contributed by atoms with van der Waals surface area (Å²) in [4.78, 5) is 36.0. The average molecular weight is 1400 g/mol. The summed E-state index contributed by atoms with van der Waals surface area (Å²) in [5.74, 6) is -0.856. The highest BCUT2D eigenvalue weighted by molar-refractivity contribution is 7.47. The van der Waals surface area contributed by atoms with Crippen LogP contribution in [0.1, 0.15) is 258 Å². The predicted molar refractivity (Wildman–Crippen MR) is 435 cm³/mol. The van der Waals surface area contributed by atoms with Crippen LogP contribution in [-0.4, -0.2) is 74.9 Å². The summed E-state index contributed by atoms with van der Waals surface area (Å²) < 4.78 is 34.7. The van der Waals surface area contributed by atoms with E-state index in [0.29, 0.717) is 17.4 Å². The third-order valence-corrected chi connectivity index (χ3v) is 16.4. The first-order valence-corrected chi connectivity index (χ1v) is 40.3. The van der Waals surface area contributed by atoms with Crippen LogP contribution in [0.25, 0.3) is 0 Å². The zero-order chi connectivity index (χ0) is 72.5. The number of esters is 2. The fourth-order valence-electron chi connectivity index (χ4n) is 9.54. The molecule has 0 aliphatic carbocycles. The van der Waals surface area contributed by atoms with Gasteiger partial charge in [-0.3, -0.25) is 18.6 Å². The second kappa shape index (κ2) is 77.0. The normalized spacial score (nSPS) is 14.4. The highest BCUT2D eigenvalue weighted by atomic mass is 31.2. The molecule has 0 aromatic carbocycles. The van der Waals surface area contributed by atoms with Crippen molar-refractivity contribution in [3.63, 3.8) is 0 Å². The van der Waals surface area contributed by atoms with Crippen molar-refractivity contribution < 1.29 is 42.1 Å². The summed E-state index contributed by atoms with van der Waals surface area (Å²) in [7, 11) is 1.42. The van der Waals surface area contributed by atoms with Crippen molar-refractivity contribution in [3.05, 3.63) is 243 Å². The lowest BCUT2D eigenvalue weighted by Crippen LogP contribution is -2.37. The molecule has 100 heavy (non-hydrogen) atoms. The van der Waals surface area contributed by atoms with Crippen LogP contribution in [-0.2, 0) is 32.7 Å². The molecule has 0 aliphatic heterocycles. The molecule has 0 bridgehead atoms. The van der Waals surface area contributed by atoms with Gasteiger partial charge in [0.15, 0.2) is 6.10 Å². The molecule has 0 rings (SSSR count). The molecule has 0 heterocycles. The van der Waals surface area contributed by atoms with Crippen LogP contribution in [0, 0.1) is 0 Å². The quantitative estimate of drug-likeness (QED) is 0.0211. The van der Waals surface area contributed by atoms with E-state index in [1.165, 1.54) is 44.9 Å². The van der Waals surface area contributed by atoms with E-state index in [4.69, 9.17) is 18.5 Å². The molecule has 9 nitrogen and oxygen atoms in total. The van der Waals surface area contributed by atoms with Crippen molar-refractivity contribution in [2.75, 3.05) is 47.5 Å². The van der Waals surface area contributed by atoms with Crippen LogP contribution in [0.4, 0.5) is 0 Å². The molecular formula is C90H141NO8P+. The Morgan fingerprint density at radius 1 is 0.310 bits per heavy atom. The van der Waals surface area contributed by atoms with Crippen molar-refractivity contribution in [2.45, 2.75) is 264 Å². The number of rotatable bonds is 68. The van der Waals surface area contributed by atoms with Gasteiger partial charge in [-0.25, -0.2) is 4.57 Å². The van der Waals surface area contributed by atoms with E-state index < -0.39 is 26.5 Å². The van der Waals surface area contributed by atoms with E-state index >= 15 is 0 Å². The second-order valence-electron chi connectivity index (χ2n) is 25.9. The standard InChI is InChI=1S/C90H140NO8P/c1-6-8-10-12-14-16-18-20-22-24-26-28-30-32-34-36-38-40-42-44-45-47-48-50-52-54-56-58-60-62-64-66-68-70-72-74-76-78-80-82-89(92)96-86-88(87-98-100(94,95)97-85-84-91(3,4)5)99-90(93)83-81-79-77-75-73-71-69-67-65-63-61-59-57-55-53-51-49-46-43-41-39-37-35-33-31-29-27-25-23-21-19-17-15-13-11-9-7-2/h8-11,14-17,20-23,26-29,32-35,38-41,44-46,48-50,53-56,59,61,65,67,71,73,88H,6-7,12-13,18-19,24-25,30-31,36-37,42-43,47,51-52,57-58,60,62-64,66,68-70,72,74-87H2,1-5H3/p+1/b10-8-,11-9-,16-14-,17-15-,22-20-,23-21-,28-26-,29-27-,34-32-,35-33-,40-38-,41-39-,45-44-,49-46-,50-48-,55-53-,56-54-,61-59-,67-65-,73-71-. The Balaban J connectivity index is 4.18. The van der Waals surface area contributed by atoms with Gasteiger partial charge in [0.2, 0.25) is 0 Å². The fraction of sp³-hybridized carbons (Fsp3) is 0.533. The predicted octanol–water partition coefficient (Wildman–Crippen LogP) is 26.3. The number of phosphoric acid groups is 1. The van der Waals surface area contributed by atoms with Gasteiger partial charge in [-0.15, -0.1) is 0 Å². The SMILES string of the molecule is CC/C=C\C/C=C\C/C=C\C/C=C\C/C=C\C/C=C\C/C=C\C/C=C\C/C=C\C/C=C\C/C=C\CCCCCC(=O)OC(COC(=O)CCCCCCCCCCCCC/C=C\C/C=C\C/C=C\C/C=C\C/C=C\C/C=C\C/C=C\C/C=C\C/C=C\CC)COP(=O)(O)OCC[N+](C)(C)C. The molecule has 1 N–H and O–H groups in total. The summed E-state index contributed by atoms with van der Waals surface area (Å²) in [5, 5.41) is 0. The maximum atomic E-state index is 12.9. The van der Waals surface area contributed by atoms with Crippen LogP contribution in [0.5, 0.6) is 0 Å². The molecular weight excluding hydrogens is 1250 g/mol. The zero-order valence-corrected chi connectivity index (χ0v) is 64.5. The van der Waals surface area contributed by atoms with Crippen LogP contribution in [0.2, 0.25) is 0 Å². The number of allylic oxidation sites excluding steroid dienone is 40. The molecule has 0 saturated carbocycles. The fourth-order valence-corrected chi connectivity index (χ4v) is 10.3. The highest BCUT2D eigenvalue weighted by Gasteiger charge is 2.27. The molecule has 0 radical (unpaired) electrons. The topological polar surface area (TPSA) is 108 Å². The number of likely N-dealkylation sites (N-methyl/N-ethyl adjacent to an activating group) is 1. The first kappa shape index (κ1) is 93.8. The number of carbonyl (C=O) groups is 2. The lowest BCUT2D eigenvalue weighted by molar-refractivity contribution is -0.870. The summed E-state index contributed by atoms with van der Waals surface area (Å²) in [6.07, 6.45) is 126. The Hall–Kier alpha value is -6.19. The molecule has 558 valence electrons. The van der Waals surface area contributed by atoms with Gasteiger partial charge in [-0.2, -0.15) is 0 Å². The third-order valence-electron chi connectivity index (χ3n) is 15.4. The van der Waals surface area contributed by atoms with Gasteiger partial charge < -0.3 is 18.9 Å². The Kier molecular flexibility index (Phi) is 72.2. The van der Waals surface area contributed by atoms with Crippen molar-refractivity contribution in [2.24, 2.45) is 0 Å². The van der Waals surface area contributed by atoms with E-state index in [1.807, 2.05) is 21.1 Å². The lowest BCUT2D eigenvalue weighted by atomic mass is 10.0. The van der Waals surface area contributed by atoms with Crippen LogP contribution >= 0.6 is 7.82 Å². The van der Waals surface area contributed by atoms with E-state index in [9.17, 15) is 19.0 Å². The molecule has 0 aliphatic rings. The first-order chi connectivity index (χ1) is 49.0. The minimum Gasteiger partial charge on any atom is -0.462 e. The third kappa shape index (κ3) is 80.8. The highest BCUT2D eigenvalue weighted by Crippen LogP contribution is 2.43. The minimum atomic E-state index is -4.42. The van der Waals surface area contributed by atoms with Crippen LogP contribution in [0.3, 0.4) is 0 Å². The average Bonchev–Trinajstić information content (AvgIpc) is 1.02. The number of nitrogens with zero attached hydrogens (tertiary/aromatic N) is 1. The van der Waals surface area contributed by atoms with Gasteiger partial charge in [0.05, 0.1) is 27.7 Å². The van der Waals surface area contributed by atoms with E-state index in [-0.39, 0.29) is 32.0 Å². The molecule has 0 fully saturated rings. The summed E-state index contributed by atoms with van der Waals surface area (Å²) in [5.41, 5.74) is 0. The van der Waals surface area contributed by atoms with Gasteiger partial charge in [0, 0.05) is 12.8 Å². The summed E-state index contributed by atoms with van der Waals surface area (Å²) in [6.45, 7) is 4.13. The van der Waals surface area contributed by atoms with Crippen molar-refractivity contribution >= 4 is 19.8 Å². The number of phosphoric ester groups is 1. The van der Waals surface area contributed by atoms with Gasteiger partial charge in [0.1, 0.15) is 19.8 Å². The Labute approximate surface area is 613 Å². The molecule has 2 unspecified atom stereocenters. The Morgan fingerprint density at radius 2 is 0.540 bits per heavy atom. The summed E-state index contributed by atoms with van der Waals surface area (Å²) >= 11 is 0. The first-order valence-electron chi connectivity index (χ1n) is 38.8. The molecule has 0 aromatic rings. The smallest absolute Gasteiger partial charge is 0.462 e. The number of hydrogen-bond acceptors (Lipinski definition) is 7. The second-order valence-corrected chi connectivity index (χ2v) is 27.4. The Morgan fingerprint density at radius 3 is 0.810 bits per heavy atom. The van der Waals surface area contributed by atoms with E-state index in [2.05, 4.69) is 257 Å². The minimum absolute atomic E-state index is 0.0113. The van der Waals surface area contributed by atoms with Gasteiger partial charge in [-0.05, 0) is 167 Å². The maximum Gasteiger partial charge on any atom is 0.472 e. The molecule has 0 aromatic heterocycles. The largest absolute Gasteiger partial charge is 0.472 e. The van der Waals surface area contributed by atoms with Crippen molar-refractivity contribution in [1.82, 2.24) is 0 Å². The van der Waals surface area contributed by atoms with Crippen molar-refractivity contribution in [1.29, 1.82) is 0 Å². The Bertz CT molecular complexity index is 2600. The van der Waals surface area contributed by atoms with Gasteiger partial charge >= 0.3 is 19.8 Å². The number of unbranched alkanes of at least 4 members (excludes halogenated alkanes) is 14. The van der Waals surface area contributed by atoms with E-state index in [0.717, 1.165) is 180 Å². The van der Waals surface area contributed by atoms with Gasteiger partial charge in [-0.1, -0.05) is 321 Å². The number of carbonyl (C=O) groups excluding carboxylic acids is 2. The lowest BCUT2D eigenvalue weighted by Gasteiger charge is -2.24. The van der Waals surface area contributed by atoms with Crippen LogP contribution < -0.4 is 0 Å². The van der Waals surface area contributed by atoms with E-state index in [1.54, 1.807) is 0 Å². The van der Waals surface area contributed by atoms with Gasteiger partial charge in [0.25, 0.3) is 0 Å². The molecule has 10 heteroatoms. The molecule has 0 amide bonds. The van der Waals surface area contributed by atoms with Crippen LogP contribution in [0.15, 0.2) is 243 Å². The number of hydrogen-bond donors (Lipinski definition) is 1. The number of ether oxygens (including phenoxy) is 2. The number of quaternary nitrogens is 1. The monoisotopic (exact) mass is 1400 g/mol. The maximum absolute atomic E-state index is 12.9. The molecule has 0 saturated heterocycles. The molecule has 0 spiro atoms.